The van der Waals surface area contributed by atoms with E-state index in [1.165, 1.54) is 18.2 Å². The second-order valence-electron chi connectivity index (χ2n) is 7.81. The van der Waals surface area contributed by atoms with E-state index in [1.54, 1.807) is 11.0 Å². The van der Waals surface area contributed by atoms with Crippen LogP contribution in [-0.2, 0) is 6.54 Å². The fourth-order valence-electron chi connectivity index (χ4n) is 3.84. The van der Waals surface area contributed by atoms with Crippen LogP contribution in [0.2, 0.25) is 0 Å². The Kier molecular flexibility index (Phi) is 6.92. The van der Waals surface area contributed by atoms with Crippen LogP contribution in [0.15, 0.2) is 79.0 Å². The first kappa shape index (κ1) is 23.0. The summed E-state index contributed by atoms with van der Waals surface area (Å²) in [6.07, 6.45) is 1.42. The number of hydrogen-bond donors (Lipinski definition) is 1. The molecule has 1 aromatic heterocycles. The lowest BCUT2D eigenvalue weighted by Crippen LogP contribution is -2.33. The summed E-state index contributed by atoms with van der Waals surface area (Å²) in [6, 6.07) is 20.9. The second-order valence-corrected chi connectivity index (χ2v) is 7.81. The number of anilines is 1. The van der Waals surface area contributed by atoms with Crippen LogP contribution >= 0.6 is 0 Å². The molecule has 0 spiro atoms. The van der Waals surface area contributed by atoms with Gasteiger partial charge in [0.2, 0.25) is 0 Å². The highest BCUT2D eigenvalue weighted by atomic mass is 19.1. The second kappa shape index (κ2) is 10.2. The summed E-state index contributed by atoms with van der Waals surface area (Å²) < 4.78 is 21.4. The van der Waals surface area contributed by atoms with Crippen LogP contribution in [0, 0.1) is 5.82 Å². The lowest BCUT2D eigenvalue weighted by Gasteiger charge is -2.20. The first-order chi connectivity index (χ1) is 16.5. The summed E-state index contributed by atoms with van der Waals surface area (Å²) in [7, 11) is 0. The molecule has 174 valence electrons. The summed E-state index contributed by atoms with van der Waals surface area (Å²) in [5.41, 5.74) is 2.52. The molecule has 6 nitrogen and oxygen atoms in total. The van der Waals surface area contributed by atoms with E-state index in [4.69, 9.17) is 4.74 Å². The van der Waals surface area contributed by atoms with Gasteiger partial charge in [0.15, 0.2) is 5.75 Å². The molecule has 0 radical (unpaired) electrons. The van der Waals surface area contributed by atoms with Crippen molar-refractivity contribution in [3.05, 3.63) is 95.9 Å². The monoisotopic (exact) mass is 459 g/mol. The van der Waals surface area contributed by atoms with E-state index >= 15 is 0 Å². The molecule has 0 atom stereocenters. The number of rotatable bonds is 7. The molecule has 34 heavy (non-hydrogen) atoms. The highest BCUT2D eigenvalue weighted by molar-refractivity contribution is 6.10. The van der Waals surface area contributed by atoms with Crippen molar-refractivity contribution >= 4 is 28.6 Å². The Balaban J connectivity index is 1.74. The third-order valence-corrected chi connectivity index (χ3v) is 5.65. The van der Waals surface area contributed by atoms with E-state index < -0.39 is 17.8 Å². The minimum Gasteiger partial charge on any atom is -0.408 e. The number of benzene rings is 3. The molecule has 0 bridgehead atoms. The van der Waals surface area contributed by atoms with Gasteiger partial charge >= 0.3 is 6.09 Å². The van der Waals surface area contributed by atoms with Crippen LogP contribution < -0.4 is 10.1 Å². The topological polar surface area (TPSA) is 63.6 Å². The number of ether oxygens (including phenoxy) is 1. The number of hydrogen-bond acceptors (Lipinski definition) is 3. The molecule has 0 aliphatic carbocycles. The number of nitrogens with one attached hydrogen (secondary N) is 1. The molecule has 0 saturated heterocycles. The molecule has 0 saturated carbocycles. The molecule has 4 aromatic rings. The maximum Gasteiger partial charge on any atom is 0.415 e. The normalized spacial score (nSPS) is 10.8. The van der Waals surface area contributed by atoms with Crippen molar-refractivity contribution in [2.45, 2.75) is 20.4 Å². The summed E-state index contributed by atoms with van der Waals surface area (Å²) in [5, 5.41) is 3.55. The van der Waals surface area contributed by atoms with Crippen LogP contribution in [0.4, 0.5) is 14.9 Å². The highest BCUT2D eigenvalue weighted by Gasteiger charge is 2.20. The number of carbonyl (C=O) groups excluding carboxylic acids is 2. The number of carbonyl (C=O) groups is 2. The summed E-state index contributed by atoms with van der Waals surface area (Å²) >= 11 is 0. The maximum absolute atomic E-state index is 13.7. The molecule has 0 unspecified atom stereocenters. The van der Waals surface area contributed by atoms with Crippen molar-refractivity contribution in [3.63, 3.8) is 0 Å². The molecular formula is C27H26FN3O3. The third kappa shape index (κ3) is 4.93. The number of aromatic nitrogens is 1. The van der Waals surface area contributed by atoms with Crippen molar-refractivity contribution in [2.24, 2.45) is 0 Å². The van der Waals surface area contributed by atoms with Gasteiger partial charge in [-0.25, -0.2) is 9.18 Å². The first-order valence-corrected chi connectivity index (χ1v) is 11.2. The Morgan fingerprint density at radius 1 is 0.971 bits per heavy atom. The van der Waals surface area contributed by atoms with Crippen LogP contribution in [0.25, 0.3) is 10.9 Å². The number of halogens is 1. The van der Waals surface area contributed by atoms with Gasteiger partial charge in [0.25, 0.3) is 5.91 Å². The largest absolute Gasteiger partial charge is 0.415 e. The predicted molar refractivity (Wildman–Crippen MR) is 131 cm³/mol. The van der Waals surface area contributed by atoms with Gasteiger partial charge in [0.05, 0.1) is 11.2 Å². The van der Waals surface area contributed by atoms with Crippen LogP contribution in [0.1, 0.15) is 29.8 Å². The van der Waals surface area contributed by atoms with E-state index in [9.17, 15) is 14.0 Å². The SMILES string of the molecule is CCN(CC)C(=O)Oc1ccc2c(ccn2Cc2ccccc2)c1NC(=O)c1cccc(F)c1. The minimum atomic E-state index is -0.506. The van der Waals surface area contributed by atoms with Gasteiger partial charge in [-0.3, -0.25) is 4.79 Å². The van der Waals surface area contributed by atoms with Crippen molar-refractivity contribution in [1.82, 2.24) is 9.47 Å². The fourth-order valence-corrected chi connectivity index (χ4v) is 3.84. The molecule has 0 aliphatic rings. The van der Waals surface area contributed by atoms with E-state index in [2.05, 4.69) is 9.88 Å². The van der Waals surface area contributed by atoms with Gasteiger partial charge in [0.1, 0.15) is 5.82 Å². The van der Waals surface area contributed by atoms with Gasteiger partial charge in [0, 0.05) is 36.8 Å². The maximum atomic E-state index is 13.7. The Labute approximate surface area is 197 Å². The Bertz CT molecular complexity index is 1310. The fraction of sp³-hybridized carbons (Fsp3) is 0.185. The minimum absolute atomic E-state index is 0.168. The zero-order valence-electron chi connectivity index (χ0n) is 19.1. The third-order valence-electron chi connectivity index (χ3n) is 5.65. The van der Waals surface area contributed by atoms with E-state index in [0.717, 1.165) is 17.1 Å². The van der Waals surface area contributed by atoms with Gasteiger partial charge in [-0.05, 0) is 55.8 Å². The van der Waals surface area contributed by atoms with E-state index in [0.29, 0.717) is 30.7 Å². The average molecular weight is 460 g/mol. The van der Waals surface area contributed by atoms with Gasteiger partial charge in [-0.15, -0.1) is 0 Å². The van der Waals surface area contributed by atoms with Crippen LogP contribution in [0.3, 0.4) is 0 Å². The molecule has 2 amide bonds. The van der Waals surface area contributed by atoms with Crippen molar-refractivity contribution in [1.29, 1.82) is 0 Å². The average Bonchev–Trinajstić information content (AvgIpc) is 3.24. The zero-order chi connectivity index (χ0) is 24.1. The standard InChI is InChI=1S/C27H26FN3O3/c1-3-30(4-2)27(33)34-24-14-13-23-22(15-16-31(23)18-19-9-6-5-7-10-19)25(24)29-26(32)20-11-8-12-21(28)17-20/h5-17H,3-4,18H2,1-2H3,(H,29,32). The van der Waals surface area contributed by atoms with Gasteiger partial charge in [-0.1, -0.05) is 36.4 Å². The van der Waals surface area contributed by atoms with Crippen LogP contribution in [0.5, 0.6) is 5.75 Å². The molecule has 4 rings (SSSR count). The van der Waals surface area contributed by atoms with Crippen molar-refractivity contribution in [3.8, 4) is 5.75 Å². The molecule has 1 heterocycles. The lowest BCUT2D eigenvalue weighted by molar-refractivity contribution is 0.102. The zero-order valence-corrected chi connectivity index (χ0v) is 19.1. The van der Waals surface area contributed by atoms with Crippen molar-refractivity contribution in [2.75, 3.05) is 18.4 Å². The Hall–Kier alpha value is -4.13. The van der Waals surface area contributed by atoms with Crippen molar-refractivity contribution < 1.29 is 18.7 Å². The molecule has 1 N–H and O–H groups in total. The molecular weight excluding hydrogens is 433 g/mol. The molecule has 0 aliphatic heterocycles. The summed E-state index contributed by atoms with van der Waals surface area (Å²) in [5.74, 6) is -0.775. The predicted octanol–water partition coefficient (Wildman–Crippen LogP) is 5.92. The molecule has 3 aromatic carbocycles. The Morgan fingerprint density at radius 2 is 1.74 bits per heavy atom. The quantitative estimate of drug-likeness (QED) is 0.373. The van der Waals surface area contributed by atoms with Gasteiger partial charge in [-0.2, -0.15) is 0 Å². The first-order valence-electron chi connectivity index (χ1n) is 11.2. The summed E-state index contributed by atoms with van der Waals surface area (Å²) in [4.78, 5) is 27.1. The van der Waals surface area contributed by atoms with Crippen LogP contribution in [-0.4, -0.2) is 34.6 Å². The smallest absolute Gasteiger partial charge is 0.408 e. The number of fused-ring (bicyclic) bond motifs is 1. The Morgan fingerprint density at radius 3 is 2.44 bits per heavy atom. The highest BCUT2D eigenvalue weighted by Crippen LogP contribution is 2.35. The lowest BCUT2D eigenvalue weighted by atomic mass is 10.1. The molecule has 0 fully saturated rings. The van der Waals surface area contributed by atoms with E-state index in [-0.39, 0.29) is 11.3 Å². The molecule has 7 heteroatoms. The van der Waals surface area contributed by atoms with E-state index in [1.807, 2.05) is 62.5 Å². The van der Waals surface area contributed by atoms with Gasteiger partial charge < -0.3 is 19.5 Å². The summed E-state index contributed by atoms with van der Waals surface area (Å²) in [6.45, 7) is 5.36. The number of nitrogens with zero attached hydrogens (tertiary/aromatic N) is 2. The number of amides is 2.